The maximum Gasteiger partial charge on any atom is 0.143 e. The molecule has 0 fully saturated rings. The minimum atomic E-state index is 0.228. The van der Waals surface area contributed by atoms with E-state index in [2.05, 4.69) is 11.8 Å². The van der Waals surface area contributed by atoms with Gasteiger partial charge in [0.15, 0.2) is 0 Å². The smallest absolute Gasteiger partial charge is 0.143 e. The van der Waals surface area contributed by atoms with Gasteiger partial charge < -0.3 is 20.1 Å². The summed E-state index contributed by atoms with van der Waals surface area (Å²) in [5.41, 5.74) is 7.55. The SMILES string of the molecule is CCC1CN(COC)c2cc(N)ccc2O1. The predicted molar refractivity (Wildman–Crippen MR) is 64.8 cm³/mol. The minimum absolute atomic E-state index is 0.228. The van der Waals surface area contributed by atoms with E-state index in [4.69, 9.17) is 15.2 Å². The number of nitrogens with zero attached hydrogens (tertiary/aromatic N) is 1. The Morgan fingerprint density at radius 1 is 1.56 bits per heavy atom. The molecule has 1 aliphatic rings. The maximum absolute atomic E-state index is 5.86. The van der Waals surface area contributed by atoms with Gasteiger partial charge in [-0.2, -0.15) is 0 Å². The molecule has 0 aliphatic carbocycles. The first-order valence-electron chi connectivity index (χ1n) is 5.54. The van der Waals surface area contributed by atoms with Crippen LogP contribution in [0.2, 0.25) is 0 Å². The Kier molecular flexibility index (Phi) is 3.19. The van der Waals surface area contributed by atoms with Crippen LogP contribution in [0.3, 0.4) is 0 Å². The van der Waals surface area contributed by atoms with Crippen molar-refractivity contribution in [3.05, 3.63) is 18.2 Å². The van der Waals surface area contributed by atoms with Crippen LogP contribution in [0.25, 0.3) is 0 Å². The molecule has 2 N–H and O–H groups in total. The zero-order valence-corrected chi connectivity index (χ0v) is 9.77. The highest BCUT2D eigenvalue weighted by Gasteiger charge is 2.24. The van der Waals surface area contributed by atoms with Gasteiger partial charge in [-0.05, 0) is 24.6 Å². The van der Waals surface area contributed by atoms with E-state index < -0.39 is 0 Å². The third-order valence-electron chi connectivity index (χ3n) is 2.78. The van der Waals surface area contributed by atoms with Gasteiger partial charge in [0.1, 0.15) is 18.6 Å². The van der Waals surface area contributed by atoms with E-state index in [1.807, 2.05) is 18.2 Å². The summed E-state index contributed by atoms with van der Waals surface area (Å²) in [5.74, 6) is 0.893. The van der Waals surface area contributed by atoms with Crippen LogP contribution < -0.4 is 15.4 Å². The fourth-order valence-corrected chi connectivity index (χ4v) is 1.93. The quantitative estimate of drug-likeness (QED) is 0.793. The fraction of sp³-hybridized carbons (Fsp3) is 0.500. The Bertz CT molecular complexity index is 368. The van der Waals surface area contributed by atoms with E-state index in [9.17, 15) is 0 Å². The third-order valence-corrected chi connectivity index (χ3v) is 2.78. The molecule has 0 amide bonds. The van der Waals surface area contributed by atoms with Crippen molar-refractivity contribution in [2.24, 2.45) is 0 Å². The highest BCUT2D eigenvalue weighted by Crippen LogP contribution is 2.35. The number of anilines is 2. The van der Waals surface area contributed by atoms with E-state index in [1.165, 1.54) is 0 Å². The van der Waals surface area contributed by atoms with Gasteiger partial charge in [0, 0.05) is 12.8 Å². The van der Waals surface area contributed by atoms with Gasteiger partial charge in [0.25, 0.3) is 0 Å². The summed E-state index contributed by atoms with van der Waals surface area (Å²) in [6, 6.07) is 5.72. The van der Waals surface area contributed by atoms with Crippen LogP contribution in [-0.2, 0) is 4.74 Å². The lowest BCUT2D eigenvalue weighted by Crippen LogP contribution is -2.40. The maximum atomic E-state index is 5.86. The number of hydrogen-bond acceptors (Lipinski definition) is 4. The number of ether oxygens (including phenoxy) is 2. The molecule has 16 heavy (non-hydrogen) atoms. The van der Waals surface area contributed by atoms with Crippen molar-refractivity contribution in [3.63, 3.8) is 0 Å². The molecule has 1 aromatic carbocycles. The van der Waals surface area contributed by atoms with Crippen LogP contribution in [-0.4, -0.2) is 26.5 Å². The average Bonchev–Trinajstić information content (AvgIpc) is 2.30. The van der Waals surface area contributed by atoms with Crippen molar-refractivity contribution in [3.8, 4) is 5.75 Å². The number of hydrogen-bond donors (Lipinski definition) is 1. The average molecular weight is 222 g/mol. The predicted octanol–water partition coefficient (Wildman–Crippen LogP) is 1.85. The zero-order chi connectivity index (χ0) is 11.5. The standard InChI is InChI=1S/C12H18N2O2/c1-3-10-7-14(8-15-2)11-6-9(13)4-5-12(11)16-10/h4-6,10H,3,7-8,13H2,1-2H3. The summed E-state index contributed by atoms with van der Waals surface area (Å²) in [7, 11) is 1.70. The van der Waals surface area contributed by atoms with Gasteiger partial charge in [0.2, 0.25) is 0 Å². The van der Waals surface area contributed by atoms with Crippen molar-refractivity contribution in [2.45, 2.75) is 19.4 Å². The van der Waals surface area contributed by atoms with Crippen LogP contribution in [0.5, 0.6) is 5.75 Å². The lowest BCUT2D eigenvalue weighted by Gasteiger charge is -2.35. The van der Waals surface area contributed by atoms with Crippen molar-refractivity contribution in [1.29, 1.82) is 0 Å². The molecule has 1 aliphatic heterocycles. The molecule has 0 bridgehead atoms. The summed E-state index contributed by atoms with van der Waals surface area (Å²) in [5, 5.41) is 0. The van der Waals surface area contributed by atoms with E-state index in [1.54, 1.807) is 7.11 Å². The molecular weight excluding hydrogens is 204 g/mol. The molecule has 1 unspecified atom stereocenters. The van der Waals surface area contributed by atoms with E-state index in [-0.39, 0.29) is 6.10 Å². The van der Waals surface area contributed by atoms with Crippen LogP contribution in [0.4, 0.5) is 11.4 Å². The lowest BCUT2D eigenvalue weighted by molar-refractivity contribution is 0.150. The molecule has 4 nitrogen and oxygen atoms in total. The Morgan fingerprint density at radius 2 is 2.38 bits per heavy atom. The van der Waals surface area contributed by atoms with E-state index in [0.717, 1.165) is 30.1 Å². The Hall–Kier alpha value is -1.42. The Balaban J connectivity index is 2.31. The monoisotopic (exact) mass is 222 g/mol. The van der Waals surface area contributed by atoms with Gasteiger partial charge >= 0.3 is 0 Å². The number of rotatable bonds is 3. The van der Waals surface area contributed by atoms with Crippen LogP contribution in [0.1, 0.15) is 13.3 Å². The molecule has 0 aromatic heterocycles. The molecule has 1 heterocycles. The number of nitrogens with two attached hydrogens (primary N) is 1. The molecule has 0 spiro atoms. The van der Waals surface area contributed by atoms with Gasteiger partial charge in [-0.15, -0.1) is 0 Å². The third kappa shape index (κ3) is 2.07. The summed E-state index contributed by atoms with van der Waals surface area (Å²) in [4.78, 5) is 2.16. The van der Waals surface area contributed by atoms with Gasteiger partial charge in [-0.1, -0.05) is 6.92 Å². The molecule has 88 valence electrons. The van der Waals surface area contributed by atoms with Crippen molar-refractivity contribution in [1.82, 2.24) is 0 Å². The Morgan fingerprint density at radius 3 is 3.06 bits per heavy atom. The minimum Gasteiger partial charge on any atom is -0.486 e. The number of benzene rings is 1. The molecule has 1 atom stereocenters. The van der Waals surface area contributed by atoms with E-state index in [0.29, 0.717) is 6.73 Å². The number of nitrogen functional groups attached to an aromatic ring is 1. The van der Waals surface area contributed by atoms with Crippen molar-refractivity contribution in [2.75, 3.05) is 31.0 Å². The zero-order valence-electron chi connectivity index (χ0n) is 9.77. The summed E-state index contributed by atoms with van der Waals surface area (Å²) in [6.45, 7) is 3.54. The Labute approximate surface area is 95.9 Å². The van der Waals surface area contributed by atoms with Crippen LogP contribution >= 0.6 is 0 Å². The first kappa shape index (κ1) is 11.1. The lowest BCUT2D eigenvalue weighted by atomic mass is 10.1. The normalized spacial score (nSPS) is 19.1. The largest absolute Gasteiger partial charge is 0.486 e. The van der Waals surface area contributed by atoms with Crippen LogP contribution in [0, 0.1) is 0 Å². The highest BCUT2D eigenvalue weighted by atomic mass is 16.5. The molecule has 1 aromatic rings. The fourth-order valence-electron chi connectivity index (χ4n) is 1.93. The van der Waals surface area contributed by atoms with E-state index >= 15 is 0 Å². The highest BCUT2D eigenvalue weighted by molar-refractivity contribution is 5.66. The van der Waals surface area contributed by atoms with Gasteiger partial charge in [-0.25, -0.2) is 0 Å². The number of fused-ring (bicyclic) bond motifs is 1. The van der Waals surface area contributed by atoms with Gasteiger partial charge in [-0.3, -0.25) is 0 Å². The first-order chi connectivity index (χ1) is 7.74. The molecule has 0 radical (unpaired) electrons. The molecule has 2 rings (SSSR count). The second-order valence-electron chi connectivity index (χ2n) is 4.02. The molecule has 4 heteroatoms. The summed E-state index contributed by atoms with van der Waals surface area (Å²) >= 11 is 0. The first-order valence-corrected chi connectivity index (χ1v) is 5.54. The molecular formula is C12H18N2O2. The van der Waals surface area contributed by atoms with Crippen molar-refractivity contribution >= 4 is 11.4 Å². The number of methoxy groups -OCH3 is 1. The van der Waals surface area contributed by atoms with Crippen molar-refractivity contribution < 1.29 is 9.47 Å². The van der Waals surface area contributed by atoms with Gasteiger partial charge in [0.05, 0.1) is 12.2 Å². The second-order valence-corrected chi connectivity index (χ2v) is 4.02. The summed E-state index contributed by atoms with van der Waals surface area (Å²) < 4.78 is 11.1. The molecule has 0 saturated carbocycles. The topological polar surface area (TPSA) is 47.7 Å². The summed E-state index contributed by atoms with van der Waals surface area (Å²) in [6.07, 6.45) is 1.22. The second kappa shape index (κ2) is 4.61. The van der Waals surface area contributed by atoms with Crippen LogP contribution in [0.15, 0.2) is 18.2 Å². The molecule has 0 saturated heterocycles.